The number of unbranched alkanes of at least 4 members (excludes halogenated alkanes) is 1. The number of halogens is 4. The largest absolute Gasteiger partial charge is 0.308 e. The second-order valence-electron chi connectivity index (χ2n) is 7.82. The minimum Gasteiger partial charge on any atom is -0.308 e. The Bertz CT molecular complexity index is 843. The lowest BCUT2D eigenvalue weighted by Gasteiger charge is -2.22. The lowest BCUT2D eigenvalue weighted by atomic mass is 9.93. The summed E-state index contributed by atoms with van der Waals surface area (Å²) in [6.07, 6.45) is 3.49. The molecule has 0 radical (unpaired) electrons. The molecule has 170 valence electrons. The molecular formula is C22H27Cl2F2N3O2. The lowest BCUT2D eigenvalue weighted by Crippen LogP contribution is -2.30. The second-order valence-corrected chi connectivity index (χ2v) is 8.64. The Kier molecular flexibility index (Phi) is 10.1. The van der Waals surface area contributed by atoms with E-state index in [1.807, 2.05) is 0 Å². The highest BCUT2D eigenvalue weighted by atomic mass is 35.5. The van der Waals surface area contributed by atoms with Crippen LogP contribution in [0.25, 0.3) is 0 Å². The lowest BCUT2D eigenvalue weighted by molar-refractivity contribution is -0.133. The van der Waals surface area contributed by atoms with Crippen LogP contribution in [-0.4, -0.2) is 22.6 Å². The summed E-state index contributed by atoms with van der Waals surface area (Å²) in [4.78, 5) is 16.2. The van der Waals surface area contributed by atoms with Gasteiger partial charge in [0, 0.05) is 5.92 Å². The highest BCUT2D eigenvalue weighted by molar-refractivity contribution is 6.35. The molecule has 1 amide bonds. The number of nitrogens with zero attached hydrogens (tertiary/aromatic N) is 1. The quantitative estimate of drug-likeness (QED) is 0.174. The number of carbonyl (C=O) groups excluding carboxylic acids is 1. The molecule has 31 heavy (non-hydrogen) atoms. The topological polar surface area (TPSA) is 74.2 Å². The van der Waals surface area contributed by atoms with Gasteiger partial charge in [0.05, 0.1) is 28.0 Å². The van der Waals surface area contributed by atoms with Crippen molar-refractivity contribution in [1.82, 2.24) is 15.8 Å². The van der Waals surface area contributed by atoms with E-state index in [2.05, 4.69) is 24.1 Å². The van der Waals surface area contributed by atoms with Crippen molar-refractivity contribution in [3.05, 3.63) is 63.4 Å². The summed E-state index contributed by atoms with van der Waals surface area (Å²) in [6, 6.07) is 5.93. The van der Waals surface area contributed by atoms with Gasteiger partial charge in [0.2, 0.25) is 5.91 Å². The minimum absolute atomic E-state index is 0.0133. The molecule has 1 heterocycles. The highest BCUT2D eigenvalue weighted by Gasteiger charge is 2.20. The fourth-order valence-electron chi connectivity index (χ4n) is 3.45. The molecule has 0 spiro atoms. The van der Waals surface area contributed by atoms with Gasteiger partial charge in [-0.25, -0.2) is 14.3 Å². The first kappa shape index (κ1) is 25.5. The van der Waals surface area contributed by atoms with Crippen molar-refractivity contribution in [3.8, 4) is 0 Å². The molecule has 1 aromatic carbocycles. The maximum absolute atomic E-state index is 13.6. The number of amides is 1. The number of aromatic nitrogens is 1. The zero-order valence-corrected chi connectivity index (χ0v) is 19.0. The number of rotatable bonds is 11. The third-order valence-corrected chi connectivity index (χ3v) is 5.64. The molecule has 0 aliphatic carbocycles. The molecule has 2 aromatic rings. The Morgan fingerprint density at radius 3 is 2.39 bits per heavy atom. The fourth-order valence-corrected chi connectivity index (χ4v) is 3.99. The number of carbonyl (C=O) groups is 1. The van der Waals surface area contributed by atoms with Gasteiger partial charge in [0.1, 0.15) is 5.82 Å². The van der Waals surface area contributed by atoms with Gasteiger partial charge in [0.25, 0.3) is 0 Å². The van der Waals surface area contributed by atoms with E-state index in [-0.39, 0.29) is 34.2 Å². The van der Waals surface area contributed by atoms with Crippen LogP contribution < -0.4 is 10.8 Å². The summed E-state index contributed by atoms with van der Waals surface area (Å²) >= 11 is 11.7. The maximum Gasteiger partial charge on any atom is 0.246 e. The van der Waals surface area contributed by atoms with Gasteiger partial charge < -0.3 is 5.32 Å². The van der Waals surface area contributed by atoms with Gasteiger partial charge in [-0.2, -0.15) is 0 Å². The van der Waals surface area contributed by atoms with E-state index in [4.69, 9.17) is 28.4 Å². The molecule has 3 N–H and O–H groups in total. The molecule has 5 nitrogen and oxygen atoms in total. The van der Waals surface area contributed by atoms with E-state index in [1.54, 1.807) is 11.5 Å². The van der Waals surface area contributed by atoms with Crippen molar-refractivity contribution in [2.75, 3.05) is 6.54 Å². The zero-order valence-electron chi connectivity index (χ0n) is 17.5. The molecule has 0 saturated heterocycles. The first-order valence-corrected chi connectivity index (χ1v) is 10.9. The molecule has 2 atom stereocenters. The fraction of sp³-hybridized carbons (Fsp3) is 0.455. The minimum atomic E-state index is -0.698. The van der Waals surface area contributed by atoms with Crippen molar-refractivity contribution in [1.29, 1.82) is 0 Å². The SMILES string of the molecule is CC(C)[C@@H](NCCCC[C@@H](Cc1cc(Cl)c(F)c(Cl)c1)C(=O)NO)c1ccc(F)cn1. The van der Waals surface area contributed by atoms with Crippen LogP contribution >= 0.6 is 23.2 Å². The molecule has 9 heteroatoms. The number of nitrogens with one attached hydrogen (secondary N) is 2. The predicted octanol–water partition coefficient (Wildman–Crippen LogP) is 5.49. The number of hydrogen-bond acceptors (Lipinski definition) is 4. The molecular weight excluding hydrogens is 447 g/mol. The van der Waals surface area contributed by atoms with Crippen molar-refractivity contribution in [3.63, 3.8) is 0 Å². The highest BCUT2D eigenvalue weighted by Crippen LogP contribution is 2.27. The standard InChI is InChI=1S/C22H27Cl2F2N3O2/c1-13(2)21(19-7-6-16(25)12-28-19)27-8-4-3-5-15(22(30)29-31)9-14-10-17(23)20(26)18(24)11-14/h6-7,10-13,15,21,27,31H,3-5,8-9H2,1-2H3,(H,29,30)/t15-,21+/m0/s1. The van der Waals surface area contributed by atoms with Crippen molar-refractivity contribution in [2.45, 2.75) is 45.6 Å². The third kappa shape index (κ3) is 7.68. The van der Waals surface area contributed by atoms with Gasteiger partial charge in [0.15, 0.2) is 5.82 Å². The summed E-state index contributed by atoms with van der Waals surface area (Å²) in [6.45, 7) is 4.80. The average Bonchev–Trinajstić information content (AvgIpc) is 2.73. The van der Waals surface area contributed by atoms with Gasteiger partial charge in [-0.3, -0.25) is 15.0 Å². The zero-order chi connectivity index (χ0) is 23.0. The number of pyridine rings is 1. The Hall–Kier alpha value is -1.80. The monoisotopic (exact) mass is 473 g/mol. The van der Waals surface area contributed by atoms with Gasteiger partial charge >= 0.3 is 0 Å². The van der Waals surface area contributed by atoms with Crippen LogP contribution in [0.4, 0.5) is 8.78 Å². The van der Waals surface area contributed by atoms with Crippen molar-refractivity contribution < 1.29 is 18.8 Å². The van der Waals surface area contributed by atoms with E-state index >= 15 is 0 Å². The first-order chi connectivity index (χ1) is 14.7. The third-order valence-electron chi connectivity index (χ3n) is 5.09. The molecule has 0 unspecified atom stereocenters. The van der Waals surface area contributed by atoms with E-state index < -0.39 is 17.6 Å². The Labute approximate surface area is 191 Å². The van der Waals surface area contributed by atoms with Crippen LogP contribution in [0.1, 0.15) is 50.4 Å². The molecule has 0 fully saturated rings. The van der Waals surface area contributed by atoms with E-state index in [0.29, 0.717) is 18.5 Å². The maximum atomic E-state index is 13.6. The van der Waals surface area contributed by atoms with E-state index in [1.165, 1.54) is 24.4 Å². The predicted molar refractivity (Wildman–Crippen MR) is 117 cm³/mol. The van der Waals surface area contributed by atoms with Gasteiger partial charge in [-0.1, -0.05) is 43.5 Å². The van der Waals surface area contributed by atoms with Crippen molar-refractivity contribution in [2.24, 2.45) is 11.8 Å². The van der Waals surface area contributed by atoms with E-state index in [9.17, 15) is 13.6 Å². The van der Waals surface area contributed by atoms with Crippen molar-refractivity contribution >= 4 is 29.1 Å². The molecule has 2 rings (SSSR count). The number of hydrogen-bond donors (Lipinski definition) is 3. The van der Waals surface area contributed by atoms with Crippen LogP contribution in [-0.2, 0) is 11.2 Å². The van der Waals surface area contributed by atoms with Crippen LogP contribution in [0.2, 0.25) is 10.0 Å². The van der Waals surface area contributed by atoms with Crippen LogP contribution in [0, 0.1) is 23.5 Å². The molecule has 0 bridgehead atoms. The van der Waals surface area contributed by atoms with Crippen LogP contribution in [0.15, 0.2) is 30.5 Å². The molecule has 0 aliphatic rings. The number of hydroxylamine groups is 1. The van der Waals surface area contributed by atoms with Crippen LogP contribution in [0.3, 0.4) is 0 Å². The summed E-state index contributed by atoms with van der Waals surface area (Å²) in [5, 5.41) is 12.3. The van der Waals surface area contributed by atoms with Gasteiger partial charge in [-0.05, 0) is 61.6 Å². The van der Waals surface area contributed by atoms with E-state index in [0.717, 1.165) is 18.5 Å². The summed E-state index contributed by atoms with van der Waals surface area (Å²) in [5.41, 5.74) is 3.09. The second kappa shape index (κ2) is 12.3. The first-order valence-electron chi connectivity index (χ1n) is 10.1. The smallest absolute Gasteiger partial charge is 0.246 e. The Balaban J connectivity index is 1.89. The summed E-state index contributed by atoms with van der Waals surface area (Å²) in [7, 11) is 0. The molecule has 0 aliphatic heterocycles. The summed E-state index contributed by atoms with van der Waals surface area (Å²) < 4.78 is 26.7. The Morgan fingerprint density at radius 2 is 1.84 bits per heavy atom. The van der Waals surface area contributed by atoms with Gasteiger partial charge in [-0.15, -0.1) is 0 Å². The Morgan fingerprint density at radius 1 is 1.16 bits per heavy atom. The number of benzene rings is 1. The van der Waals surface area contributed by atoms with Crippen LogP contribution in [0.5, 0.6) is 0 Å². The molecule has 0 saturated carbocycles. The average molecular weight is 474 g/mol. The normalized spacial score (nSPS) is 13.3. The summed E-state index contributed by atoms with van der Waals surface area (Å²) in [5.74, 6) is -1.83. The molecule has 1 aromatic heterocycles.